The van der Waals surface area contributed by atoms with Crippen LogP contribution in [-0.2, 0) is 7.05 Å². The molecule has 1 heterocycles. The van der Waals surface area contributed by atoms with Crippen molar-refractivity contribution in [2.24, 2.45) is 7.05 Å². The molecule has 0 bridgehead atoms. The molecule has 1 amide bonds. The van der Waals surface area contributed by atoms with E-state index in [1.165, 1.54) is 18.6 Å². The molecule has 4 nitrogen and oxygen atoms in total. The van der Waals surface area contributed by atoms with Crippen LogP contribution in [0.3, 0.4) is 0 Å². The summed E-state index contributed by atoms with van der Waals surface area (Å²) < 4.78 is 67.9. The number of hydrogen-bond donors (Lipinski definition) is 1. The highest BCUT2D eigenvalue weighted by Gasteiger charge is 2.44. The Balaban J connectivity index is 2.42. The molecular weight excluding hydrogens is 335 g/mol. The summed E-state index contributed by atoms with van der Waals surface area (Å²) >= 11 is 0. The van der Waals surface area contributed by atoms with E-state index in [2.05, 4.69) is 0 Å². The summed E-state index contributed by atoms with van der Waals surface area (Å²) in [5.41, 5.74) is -2.30. The molecule has 0 fully saturated rings. The number of nitrogens with one attached hydrogen (secondary N) is 1. The molecule has 1 aromatic carbocycles. The highest BCUT2D eigenvalue weighted by Crippen LogP contribution is 2.35. The lowest BCUT2D eigenvalue weighted by Crippen LogP contribution is -2.39. The summed E-state index contributed by atoms with van der Waals surface area (Å²) in [6.45, 7) is 0. The third kappa shape index (κ3) is 3.61. The van der Waals surface area contributed by atoms with Gasteiger partial charge in [-0.3, -0.25) is 9.59 Å². The van der Waals surface area contributed by atoms with Gasteiger partial charge < -0.3 is 9.88 Å². The molecule has 0 aliphatic heterocycles. The van der Waals surface area contributed by atoms with Crippen molar-refractivity contribution in [3.05, 3.63) is 69.6 Å². The van der Waals surface area contributed by atoms with Crippen molar-refractivity contribution in [1.82, 2.24) is 9.88 Å². The van der Waals surface area contributed by atoms with Crippen LogP contribution in [0.25, 0.3) is 0 Å². The third-order valence-corrected chi connectivity index (χ3v) is 3.26. The minimum absolute atomic E-state index is 0.357. The molecule has 9 heteroatoms. The maximum atomic E-state index is 13.7. The van der Waals surface area contributed by atoms with Crippen LogP contribution in [0.5, 0.6) is 0 Å². The average molecular weight is 346 g/mol. The quantitative estimate of drug-likeness (QED) is 0.869. The smallest absolute Gasteiger partial charge is 0.337 e. The summed E-state index contributed by atoms with van der Waals surface area (Å²) in [6.07, 6.45) is -3.96. The van der Waals surface area contributed by atoms with Gasteiger partial charge in [0.2, 0.25) is 0 Å². The Morgan fingerprint density at radius 2 is 1.75 bits per heavy atom. The van der Waals surface area contributed by atoms with Gasteiger partial charge in [-0.05, 0) is 18.2 Å². The van der Waals surface area contributed by atoms with Gasteiger partial charge in [0.1, 0.15) is 11.6 Å². The first-order valence-electron chi connectivity index (χ1n) is 6.59. The summed E-state index contributed by atoms with van der Waals surface area (Å²) in [5.74, 6) is -4.17. The summed E-state index contributed by atoms with van der Waals surface area (Å²) in [4.78, 5) is 23.4. The van der Waals surface area contributed by atoms with E-state index in [9.17, 15) is 31.5 Å². The predicted octanol–water partition coefficient (Wildman–Crippen LogP) is 2.70. The number of carbonyl (C=O) groups excluding carboxylic acids is 1. The zero-order chi connectivity index (χ0) is 18.1. The van der Waals surface area contributed by atoms with Crippen LogP contribution in [0.1, 0.15) is 22.0 Å². The SMILES string of the molecule is Cn1ccc(C(=O)N[C@@H](c2c(F)cccc2F)C(F)(F)F)cc1=O. The number of nitrogens with zero attached hydrogens (tertiary/aromatic N) is 1. The number of aromatic nitrogens is 1. The molecule has 0 spiro atoms. The standard InChI is InChI=1S/C15H11F5N2O2/c1-22-6-5-8(7-11(22)23)14(24)21-13(15(18,19)20)12-9(16)3-2-4-10(12)17/h2-7,13H,1H3,(H,21,24)/t13-/m0/s1. The second-order valence-electron chi connectivity index (χ2n) is 4.95. The molecule has 2 rings (SSSR count). The Bertz CT molecular complexity index is 809. The van der Waals surface area contributed by atoms with Crippen LogP contribution in [0.15, 0.2) is 41.3 Å². The summed E-state index contributed by atoms with van der Waals surface area (Å²) in [5, 5.41) is 1.53. The zero-order valence-corrected chi connectivity index (χ0v) is 12.2. The molecule has 1 N–H and O–H groups in total. The minimum Gasteiger partial charge on any atom is -0.337 e. The van der Waals surface area contributed by atoms with Crippen molar-refractivity contribution in [3.63, 3.8) is 0 Å². The fourth-order valence-corrected chi connectivity index (χ4v) is 2.01. The van der Waals surface area contributed by atoms with Crippen molar-refractivity contribution in [3.8, 4) is 0 Å². The molecule has 0 saturated heterocycles. The third-order valence-electron chi connectivity index (χ3n) is 3.26. The molecule has 0 saturated carbocycles. The zero-order valence-electron chi connectivity index (χ0n) is 12.2. The van der Waals surface area contributed by atoms with E-state index in [-0.39, 0.29) is 5.56 Å². The van der Waals surface area contributed by atoms with Crippen LogP contribution in [-0.4, -0.2) is 16.7 Å². The molecule has 24 heavy (non-hydrogen) atoms. The first-order chi connectivity index (χ1) is 11.1. The molecule has 2 aromatic rings. The first kappa shape index (κ1) is 17.6. The maximum Gasteiger partial charge on any atom is 0.413 e. The van der Waals surface area contributed by atoms with Crippen LogP contribution in [0.4, 0.5) is 22.0 Å². The monoisotopic (exact) mass is 346 g/mol. The van der Waals surface area contributed by atoms with Crippen LogP contribution in [0.2, 0.25) is 0 Å². The number of pyridine rings is 1. The van der Waals surface area contributed by atoms with E-state index in [1.807, 2.05) is 0 Å². The van der Waals surface area contributed by atoms with Gasteiger partial charge >= 0.3 is 6.18 Å². The van der Waals surface area contributed by atoms with Crippen molar-refractivity contribution >= 4 is 5.91 Å². The lowest BCUT2D eigenvalue weighted by molar-refractivity contribution is -0.156. The lowest BCUT2D eigenvalue weighted by atomic mass is 10.0. The van der Waals surface area contributed by atoms with Crippen LogP contribution < -0.4 is 10.9 Å². The molecular formula is C15H11F5N2O2. The number of aryl methyl sites for hydroxylation is 1. The molecule has 1 atom stereocenters. The number of amides is 1. The van der Waals surface area contributed by atoms with Crippen LogP contribution in [0, 0.1) is 11.6 Å². The highest BCUT2D eigenvalue weighted by atomic mass is 19.4. The molecule has 0 radical (unpaired) electrons. The topological polar surface area (TPSA) is 51.1 Å². The van der Waals surface area contributed by atoms with Crippen molar-refractivity contribution < 1.29 is 26.7 Å². The fraction of sp³-hybridized carbons (Fsp3) is 0.200. The summed E-state index contributed by atoms with van der Waals surface area (Å²) in [7, 11) is 1.39. The number of rotatable bonds is 3. The number of carbonyl (C=O) groups is 1. The van der Waals surface area contributed by atoms with Crippen molar-refractivity contribution in [2.45, 2.75) is 12.2 Å². The Labute approximate surface area is 132 Å². The normalized spacial score (nSPS) is 12.8. The molecule has 0 aliphatic carbocycles. The van der Waals surface area contributed by atoms with E-state index >= 15 is 0 Å². The number of alkyl halides is 3. The van der Waals surface area contributed by atoms with Crippen molar-refractivity contribution in [1.29, 1.82) is 0 Å². The number of hydrogen-bond acceptors (Lipinski definition) is 2. The number of halogens is 5. The highest BCUT2D eigenvalue weighted by molar-refractivity contribution is 5.94. The Kier molecular flexibility index (Phi) is 4.72. The van der Waals surface area contributed by atoms with E-state index in [4.69, 9.17) is 0 Å². The van der Waals surface area contributed by atoms with E-state index < -0.39 is 40.9 Å². The van der Waals surface area contributed by atoms with Gasteiger partial charge in [-0.1, -0.05) is 6.07 Å². The van der Waals surface area contributed by atoms with Gasteiger partial charge in [0.15, 0.2) is 6.04 Å². The Morgan fingerprint density at radius 3 is 2.25 bits per heavy atom. The molecule has 0 unspecified atom stereocenters. The van der Waals surface area contributed by atoms with Gasteiger partial charge in [-0.25, -0.2) is 8.78 Å². The molecule has 1 aromatic heterocycles. The van der Waals surface area contributed by atoms with Gasteiger partial charge in [0.05, 0.1) is 5.56 Å². The maximum absolute atomic E-state index is 13.7. The fourth-order valence-electron chi connectivity index (χ4n) is 2.01. The second-order valence-corrected chi connectivity index (χ2v) is 4.95. The van der Waals surface area contributed by atoms with E-state index in [0.717, 1.165) is 22.8 Å². The van der Waals surface area contributed by atoms with E-state index in [0.29, 0.717) is 12.1 Å². The number of benzene rings is 1. The van der Waals surface area contributed by atoms with Gasteiger partial charge in [-0.2, -0.15) is 13.2 Å². The van der Waals surface area contributed by atoms with Crippen molar-refractivity contribution in [2.75, 3.05) is 0 Å². The van der Waals surface area contributed by atoms with E-state index in [1.54, 1.807) is 0 Å². The van der Waals surface area contributed by atoms with Crippen LogP contribution >= 0.6 is 0 Å². The summed E-state index contributed by atoms with van der Waals surface area (Å²) in [6, 6.07) is 1.26. The minimum atomic E-state index is -5.14. The average Bonchev–Trinajstić information content (AvgIpc) is 2.47. The lowest BCUT2D eigenvalue weighted by Gasteiger charge is -2.23. The molecule has 128 valence electrons. The first-order valence-corrected chi connectivity index (χ1v) is 6.59. The van der Waals surface area contributed by atoms with Gasteiger partial charge in [-0.15, -0.1) is 0 Å². The van der Waals surface area contributed by atoms with Gasteiger partial charge in [0, 0.05) is 24.9 Å². The molecule has 0 aliphatic rings. The van der Waals surface area contributed by atoms with Gasteiger partial charge in [0.25, 0.3) is 11.5 Å². The second kappa shape index (κ2) is 6.42. The Hall–Kier alpha value is -2.71. The Morgan fingerprint density at radius 1 is 1.17 bits per heavy atom. The largest absolute Gasteiger partial charge is 0.413 e. The predicted molar refractivity (Wildman–Crippen MR) is 74.3 cm³/mol.